The summed E-state index contributed by atoms with van der Waals surface area (Å²) >= 11 is 0. The fraction of sp³-hybridized carbons (Fsp3) is 0.421. The van der Waals surface area contributed by atoms with Gasteiger partial charge in [0, 0.05) is 18.5 Å². The minimum Gasteiger partial charge on any atom is -0.361 e. The zero-order valence-corrected chi connectivity index (χ0v) is 15.3. The Morgan fingerprint density at radius 1 is 1.37 bits per heavy atom. The minimum absolute atomic E-state index is 0.129. The first-order valence-electron chi connectivity index (χ1n) is 9.06. The van der Waals surface area contributed by atoms with E-state index in [1.54, 1.807) is 4.90 Å². The van der Waals surface area contributed by atoms with Gasteiger partial charge >= 0.3 is 6.03 Å². The third-order valence-corrected chi connectivity index (χ3v) is 5.25. The second-order valence-electron chi connectivity index (χ2n) is 7.06. The molecule has 4 rings (SSSR count). The van der Waals surface area contributed by atoms with Crippen molar-refractivity contribution in [3.05, 3.63) is 40.5 Å². The van der Waals surface area contributed by atoms with Gasteiger partial charge in [0.05, 0.1) is 23.1 Å². The highest BCUT2D eigenvalue weighted by Gasteiger charge is 2.34. The lowest BCUT2D eigenvalue weighted by atomic mass is 10.0. The van der Waals surface area contributed by atoms with Crippen molar-refractivity contribution >= 4 is 23.3 Å². The van der Waals surface area contributed by atoms with E-state index in [-0.39, 0.29) is 23.7 Å². The van der Waals surface area contributed by atoms with Crippen molar-refractivity contribution in [2.75, 3.05) is 17.2 Å². The number of hydrogen-bond acceptors (Lipinski definition) is 4. The van der Waals surface area contributed by atoms with E-state index in [1.807, 2.05) is 13.8 Å². The fourth-order valence-corrected chi connectivity index (χ4v) is 4.02. The van der Waals surface area contributed by atoms with Crippen LogP contribution in [-0.2, 0) is 11.2 Å². The summed E-state index contributed by atoms with van der Waals surface area (Å²) in [5.41, 5.74) is 3.15. The Kier molecular flexibility index (Phi) is 4.33. The third-order valence-electron chi connectivity index (χ3n) is 5.25. The summed E-state index contributed by atoms with van der Waals surface area (Å²) in [7, 11) is 0. The molecule has 2 N–H and O–H groups in total. The van der Waals surface area contributed by atoms with E-state index in [4.69, 9.17) is 4.52 Å². The first kappa shape index (κ1) is 17.5. The predicted octanol–water partition coefficient (Wildman–Crippen LogP) is 3.68. The van der Waals surface area contributed by atoms with Gasteiger partial charge in [-0.15, -0.1) is 0 Å². The van der Waals surface area contributed by atoms with Crippen molar-refractivity contribution < 1.29 is 18.5 Å². The van der Waals surface area contributed by atoms with Crippen molar-refractivity contribution in [3.63, 3.8) is 0 Å². The number of halogens is 1. The number of anilines is 2. The smallest absolute Gasteiger partial charge is 0.322 e. The highest BCUT2D eigenvalue weighted by Crippen LogP contribution is 2.37. The number of carbonyl (C=O) groups is 2. The number of benzene rings is 1. The average molecular weight is 372 g/mol. The Balaban J connectivity index is 1.61. The van der Waals surface area contributed by atoms with Crippen LogP contribution in [0.3, 0.4) is 0 Å². The number of nitrogens with one attached hydrogen (secondary N) is 2. The highest BCUT2D eigenvalue weighted by molar-refractivity contribution is 6.01. The van der Waals surface area contributed by atoms with Gasteiger partial charge in [0.1, 0.15) is 11.6 Å². The number of aromatic nitrogens is 1. The topological polar surface area (TPSA) is 87.5 Å². The molecule has 8 heteroatoms. The number of likely N-dealkylation sites (tertiary alicyclic amines) is 1. The third kappa shape index (κ3) is 3.15. The van der Waals surface area contributed by atoms with Crippen molar-refractivity contribution in [2.24, 2.45) is 0 Å². The molecule has 2 aliphatic heterocycles. The second kappa shape index (κ2) is 6.68. The maximum atomic E-state index is 14.0. The molecule has 27 heavy (non-hydrogen) atoms. The number of amides is 3. The fourth-order valence-electron chi connectivity index (χ4n) is 4.02. The van der Waals surface area contributed by atoms with Gasteiger partial charge in [-0.1, -0.05) is 5.16 Å². The van der Waals surface area contributed by atoms with Gasteiger partial charge in [0.25, 0.3) is 0 Å². The van der Waals surface area contributed by atoms with Crippen molar-refractivity contribution in [1.29, 1.82) is 0 Å². The van der Waals surface area contributed by atoms with E-state index in [2.05, 4.69) is 15.8 Å². The molecule has 1 saturated heterocycles. The van der Waals surface area contributed by atoms with Crippen LogP contribution in [0.5, 0.6) is 0 Å². The molecule has 1 aromatic carbocycles. The van der Waals surface area contributed by atoms with Crippen LogP contribution >= 0.6 is 0 Å². The molecule has 2 aromatic rings. The molecular formula is C19H21FN4O3. The predicted molar refractivity (Wildman–Crippen MR) is 97.0 cm³/mol. The molecule has 7 nitrogen and oxygen atoms in total. The molecule has 0 bridgehead atoms. The van der Waals surface area contributed by atoms with E-state index in [1.165, 1.54) is 12.1 Å². The first-order chi connectivity index (χ1) is 12.9. The lowest BCUT2D eigenvalue weighted by Crippen LogP contribution is -2.35. The van der Waals surface area contributed by atoms with Crippen LogP contribution in [0, 0.1) is 19.7 Å². The maximum absolute atomic E-state index is 14.0. The molecular weight excluding hydrogens is 351 g/mol. The Labute approximate surface area is 155 Å². The van der Waals surface area contributed by atoms with Gasteiger partial charge in [0.2, 0.25) is 5.91 Å². The van der Waals surface area contributed by atoms with Crippen LogP contribution in [0.25, 0.3) is 0 Å². The molecule has 3 heterocycles. The number of carbonyl (C=O) groups excluding carboxylic acids is 2. The summed E-state index contributed by atoms with van der Waals surface area (Å²) in [6.07, 6.45) is 2.44. The zero-order valence-electron chi connectivity index (χ0n) is 15.3. The summed E-state index contributed by atoms with van der Waals surface area (Å²) in [4.78, 5) is 26.4. The number of fused-ring (bicyclic) bond motifs is 1. The minimum atomic E-state index is -0.441. The molecule has 0 saturated carbocycles. The van der Waals surface area contributed by atoms with E-state index >= 15 is 0 Å². The normalized spacial score (nSPS) is 19.0. The highest BCUT2D eigenvalue weighted by atomic mass is 19.1. The second-order valence-corrected chi connectivity index (χ2v) is 7.06. The molecule has 0 spiro atoms. The molecule has 1 fully saturated rings. The van der Waals surface area contributed by atoms with Crippen LogP contribution in [0.4, 0.5) is 20.6 Å². The van der Waals surface area contributed by atoms with Crippen molar-refractivity contribution in [1.82, 2.24) is 10.1 Å². The van der Waals surface area contributed by atoms with E-state index in [0.29, 0.717) is 36.4 Å². The molecule has 1 unspecified atom stereocenters. The van der Waals surface area contributed by atoms with Crippen LogP contribution in [0.1, 0.15) is 47.9 Å². The number of urea groups is 1. The van der Waals surface area contributed by atoms with Crippen LogP contribution in [-0.4, -0.2) is 28.5 Å². The molecule has 142 valence electrons. The summed E-state index contributed by atoms with van der Waals surface area (Å²) in [5.74, 6) is 0.121. The lowest BCUT2D eigenvalue weighted by Gasteiger charge is -2.27. The van der Waals surface area contributed by atoms with Crippen molar-refractivity contribution in [2.45, 2.75) is 45.6 Å². The largest absolute Gasteiger partial charge is 0.361 e. The maximum Gasteiger partial charge on any atom is 0.322 e. The molecule has 3 amide bonds. The van der Waals surface area contributed by atoms with E-state index in [0.717, 1.165) is 24.1 Å². The van der Waals surface area contributed by atoms with Gasteiger partial charge in [-0.3, -0.25) is 4.79 Å². The standard InChI is InChI=1S/C19H21FN4O3/c1-10-17(11(2)27-23-10)15-4-3-7-24(15)19(26)21-14-9-13(20)8-12-5-6-16(25)22-18(12)14/h8-9,15H,3-7H2,1-2H3,(H,21,26)(H,22,25). The monoisotopic (exact) mass is 372 g/mol. The molecule has 2 aliphatic rings. The van der Waals surface area contributed by atoms with Crippen LogP contribution < -0.4 is 10.6 Å². The quantitative estimate of drug-likeness (QED) is 0.842. The summed E-state index contributed by atoms with van der Waals surface area (Å²) in [6.45, 7) is 4.28. The number of nitrogens with zero attached hydrogens (tertiary/aromatic N) is 2. The zero-order chi connectivity index (χ0) is 19.1. The van der Waals surface area contributed by atoms with E-state index in [9.17, 15) is 14.0 Å². The summed E-state index contributed by atoms with van der Waals surface area (Å²) in [6, 6.07) is 2.18. The van der Waals surface area contributed by atoms with Gasteiger partial charge in [-0.25, -0.2) is 9.18 Å². The molecule has 1 atom stereocenters. The summed E-state index contributed by atoms with van der Waals surface area (Å²) in [5, 5.41) is 9.52. The first-order valence-corrected chi connectivity index (χ1v) is 9.06. The Morgan fingerprint density at radius 3 is 2.93 bits per heavy atom. The molecule has 1 aromatic heterocycles. The van der Waals surface area contributed by atoms with Crippen LogP contribution in [0.15, 0.2) is 16.7 Å². The molecule has 0 aliphatic carbocycles. The van der Waals surface area contributed by atoms with Gasteiger partial charge in [0.15, 0.2) is 0 Å². The SMILES string of the molecule is Cc1noc(C)c1C1CCCN1C(=O)Nc1cc(F)cc2c1NC(=O)CC2. The number of aryl methyl sites for hydroxylation is 3. The van der Waals surface area contributed by atoms with Gasteiger partial charge in [-0.2, -0.15) is 0 Å². The van der Waals surface area contributed by atoms with Gasteiger partial charge in [-0.05, 0) is 50.8 Å². The Morgan fingerprint density at radius 2 is 2.19 bits per heavy atom. The van der Waals surface area contributed by atoms with E-state index < -0.39 is 5.82 Å². The van der Waals surface area contributed by atoms with Crippen molar-refractivity contribution in [3.8, 4) is 0 Å². The molecule has 0 radical (unpaired) electrons. The Bertz CT molecular complexity index is 904. The lowest BCUT2D eigenvalue weighted by molar-refractivity contribution is -0.116. The number of hydrogen-bond donors (Lipinski definition) is 2. The van der Waals surface area contributed by atoms with Gasteiger partial charge < -0.3 is 20.1 Å². The van der Waals surface area contributed by atoms with Crippen LogP contribution in [0.2, 0.25) is 0 Å². The number of rotatable bonds is 2. The Hall–Kier alpha value is -2.90. The average Bonchev–Trinajstić information content (AvgIpc) is 3.21. The summed E-state index contributed by atoms with van der Waals surface area (Å²) < 4.78 is 19.2.